The van der Waals surface area contributed by atoms with E-state index in [-0.39, 0.29) is 17.7 Å². The molecule has 0 spiro atoms. The summed E-state index contributed by atoms with van der Waals surface area (Å²) >= 11 is 12.0. The fourth-order valence-electron chi connectivity index (χ4n) is 2.54. The van der Waals surface area contributed by atoms with Crippen molar-refractivity contribution >= 4 is 35.0 Å². The average Bonchev–Trinajstić information content (AvgIpc) is 2.58. The van der Waals surface area contributed by atoms with E-state index in [0.29, 0.717) is 36.0 Å². The summed E-state index contributed by atoms with van der Waals surface area (Å²) in [5.74, 6) is -0.279. The minimum atomic E-state index is -0.544. The van der Waals surface area contributed by atoms with Crippen LogP contribution < -0.4 is 16.4 Å². The monoisotopic (exact) mass is 401 g/mol. The lowest BCUT2D eigenvalue weighted by Gasteiger charge is -2.22. The quantitative estimate of drug-likeness (QED) is 0.497. The molecule has 7 heteroatoms. The third-order valence-corrected chi connectivity index (χ3v) is 4.67. The molecule has 1 atom stereocenters. The number of benzene rings is 1. The molecule has 5 nitrogen and oxygen atoms in total. The highest BCUT2D eigenvalue weighted by Crippen LogP contribution is 2.21. The van der Waals surface area contributed by atoms with E-state index in [4.69, 9.17) is 28.9 Å². The van der Waals surface area contributed by atoms with Crippen molar-refractivity contribution in [2.45, 2.75) is 52.0 Å². The maximum Gasteiger partial charge on any atom is 0.242 e. The molecule has 1 aromatic carbocycles. The maximum absolute atomic E-state index is 12.4. The molecule has 0 aliphatic rings. The van der Waals surface area contributed by atoms with Crippen molar-refractivity contribution in [2.24, 2.45) is 11.7 Å². The van der Waals surface area contributed by atoms with Gasteiger partial charge in [0.15, 0.2) is 0 Å². The Morgan fingerprint density at radius 2 is 1.88 bits per heavy atom. The minimum Gasteiger partial charge on any atom is -0.354 e. The third-order valence-electron chi connectivity index (χ3n) is 4.08. The predicted molar refractivity (Wildman–Crippen MR) is 107 cm³/mol. The van der Waals surface area contributed by atoms with E-state index in [0.717, 1.165) is 24.8 Å². The summed E-state index contributed by atoms with van der Waals surface area (Å²) in [6.07, 6.45) is 3.62. The van der Waals surface area contributed by atoms with Crippen LogP contribution in [-0.4, -0.2) is 30.9 Å². The Bertz CT molecular complexity index is 594. The lowest BCUT2D eigenvalue weighted by atomic mass is 10.0. The summed E-state index contributed by atoms with van der Waals surface area (Å²) < 4.78 is 0. The van der Waals surface area contributed by atoms with Gasteiger partial charge in [-0.25, -0.2) is 0 Å². The number of unbranched alkanes of at least 4 members (excludes halogenated alkanes) is 2. The number of carbonyl (C=O) groups is 2. The van der Waals surface area contributed by atoms with Crippen LogP contribution in [0.2, 0.25) is 10.0 Å². The lowest BCUT2D eigenvalue weighted by Crippen LogP contribution is -2.50. The van der Waals surface area contributed by atoms with Crippen LogP contribution in [0.4, 0.5) is 0 Å². The van der Waals surface area contributed by atoms with Crippen molar-refractivity contribution in [1.82, 2.24) is 10.6 Å². The van der Waals surface area contributed by atoms with Crippen LogP contribution >= 0.6 is 23.2 Å². The normalized spacial score (nSPS) is 12.1. The van der Waals surface area contributed by atoms with E-state index >= 15 is 0 Å². The number of hydrogen-bond donors (Lipinski definition) is 3. The molecule has 0 aliphatic carbocycles. The van der Waals surface area contributed by atoms with E-state index in [1.54, 1.807) is 12.1 Å². The standard InChI is InChI=1S/C19H29Cl2N3O2/c1-13(2)18(24-17(25)6-4-3-5-10-22)19(26)23-11-9-14-7-8-15(20)12-16(14)21/h7-8,12-13,18H,3-6,9-11,22H2,1-2H3,(H,23,26)(H,24,25)/t18-/m1/s1. The second kappa shape index (κ2) is 12.2. The van der Waals surface area contributed by atoms with E-state index in [2.05, 4.69) is 10.6 Å². The number of amides is 2. The molecule has 0 aromatic heterocycles. The molecular weight excluding hydrogens is 373 g/mol. The third kappa shape index (κ3) is 8.39. The topological polar surface area (TPSA) is 84.2 Å². The van der Waals surface area contributed by atoms with Gasteiger partial charge in [0.25, 0.3) is 0 Å². The molecule has 0 unspecified atom stereocenters. The zero-order valence-corrected chi connectivity index (χ0v) is 17.0. The molecule has 146 valence electrons. The van der Waals surface area contributed by atoms with Crippen LogP contribution in [0, 0.1) is 5.92 Å². The number of rotatable bonds is 11. The Hall–Kier alpha value is -1.30. The Labute approximate surface area is 166 Å². The zero-order valence-electron chi connectivity index (χ0n) is 15.5. The van der Waals surface area contributed by atoms with Crippen molar-refractivity contribution in [1.29, 1.82) is 0 Å². The Balaban J connectivity index is 2.45. The molecule has 0 saturated carbocycles. The highest BCUT2D eigenvalue weighted by atomic mass is 35.5. The molecule has 4 N–H and O–H groups in total. The van der Waals surface area contributed by atoms with Crippen molar-refractivity contribution in [3.63, 3.8) is 0 Å². The predicted octanol–water partition coefficient (Wildman–Crippen LogP) is 3.31. The Kier molecular flexibility index (Phi) is 10.6. The van der Waals surface area contributed by atoms with Crippen molar-refractivity contribution in [2.75, 3.05) is 13.1 Å². The van der Waals surface area contributed by atoms with Gasteiger partial charge >= 0.3 is 0 Å². The van der Waals surface area contributed by atoms with Gasteiger partial charge in [0.1, 0.15) is 6.04 Å². The molecule has 0 saturated heterocycles. The van der Waals surface area contributed by atoms with Crippen molar-refractivity contribution in [3.8, 4) is 0 Å². The van der Waals surface area contributed by atoms with E-state index < -0.39 is 6.04 Å². The van der Waals surface area contributed by atoms with E-state index in [1.165, 1.54) is 0 Å². The van der Waals surface area contributed by atoms with Crippen molar-refractivity contribution in [3.05, 3.63) is 33.8 Å². The van der Waals surface area contributed by atoms with Crippen LogP contribution in [0.25, 0.3) is 0 Å². The smallest absolute Gasteiger partial charge is 0.242 e. The van der Waals surface area contributed by atoms with Gasteiger partial charge in [-0.15, -0.1) is 0 Å². The van der Waals surface area contributed by atoms with Crippen LogP contribution in [-0.2, 0) is 16.0 Å². The van der Waals surface area contributed by atoms with Crippen LogP contribution in [0.15, 0.2) is 18.2 Å². The number of halogens is 2. The first kappa shape index (κ1) is 22.7. The average molecular weight is 402 g/mol. The number of hydrogen-bond acceptors (Lipinski definition) is 3. The van der Waals surface area contributed by atoms with Gasteiger partial charge in [0.05, 0.1) is 0 Å². The Morgan fingerprint density at radius 1 is 1.15 bits per heavy atom. The zero-order chi connectivity index (χ0) is 19.5. The fourth-order valence-corrected chi connectivity index (χ4v) is 3.04. The second-order valence-corrected chi connectivity index (χ2v) is 7.51. The minimum absolute atomic E-state index is 0.00196. The highest BCUT2D eigenvalue weighted by molar-refractivity contribution is 6.35. The van der Waals surface area contributed by atoms with Gasteiger partial charge in [-0.1, -0.05) is 49.5 Å². The van der Waals surface area contributed by atoms with Gasteiger partial charge in [0.2, 0.25) is 11.8 Å². The van der Waals surface area contributed by atoms with Gasteiger partial charge < -0.3 is 16.4 Å². The summed E-state index contributed by atoms with van der Waals surface area (Å²) in [4.78, 5) is 24.5. The summed E-state index contributed by atoms with van der Waals surface area (Å²) in [7, 11) is 0. The molecule has 0 heterocycles. The molecule has 1 rings (SSSR count). The summed E-state index contributed by atoms with van der Waals surface area (Å²) in [5, 5.41) is 6.87. The molecule has 26 heavy (non-hydrogen) atoms. The summed E-state index contributed by atoms with van der Waals surface area (Å²) in [5.41, 5.74) is 6.36. The van der Waals surface area contributed by atoms with Crippen LogP contribution in [0.1, 0.15) is 45.1 Å². The molecule has 0 bridgehead atoms. The van der Waals surface area contributed by atoms with Crippen LogP contribution in [0.5, 0.6) is 0 Å². The van der Waals surface area contributed by atoms with E-state index in [1.807, 2.05) is 19.9 Å². The van der Waals surface area contributed by atoms with Gasteiger partial charge in [-0.2, -0.15) is 0 Å². The lowest BCUT2D eigenvalue weighted by molar-refractivity contribution is -0.130. The van der Waals surface area contributed by atoms with Gasteiger partial charge in [-0.05, 0) is 49.4 Å². The highest BCUT2D eigenvalue weighted by Gasteiger charge is 2.23. The van der Waals surface area contributed by atoms with Crippen molar-refractivity contribution < 1.29 is 9.59 Å². The molecule has 1 aromatic rings. The first-order valence-corrected chi connectivity index (χ1v) is 9.81. The summed E-state index contributed by atoms with van der Waals surface area (Å²) in [6.45, 7) is 4.90. The Morgan fingerprint density at radius 3 is 2.50 bits per heavy atom. The molecule has 0 radical (unpaired) electrons. The first-order valence-electron chi connectivity index (χ1n) is 9.06. The molecule has 2 amide bonds. The number of carbonyl (C=O) groups excluding carboxylic acids is 2. The largest absolute Gasteiger partial charge is 0.354 e. The van der Waals surface area contributed by atoms with Gasteiger partial charge in [0, 0.05) is 23.0 Å². The maximum atomic E-state index is 12.4. The molecule has 0 aliphatic heterocycles. The SMILES string of the molecule is CC(C)[C@@H](NC(=O)CCCCCN)C(=O)NCCc1ccc(Cl)cc1Cl. The second-order valence-electron chi connectivity index (χ2n) is 6.67. The number of nitrogens with one attached hydrogen (secondary N) is 2. The summed E-state index contributed by atoms with van der Waals surface area (Å²) in [6, 6.07) is 4.76. The van der Waals surface area contributed by atoms with Crippen LogP contribution in [0.3, 0.4) is 0 Å². The first-order chi connectivity index (χ1) is 12.3. The molecule has 0 fully saturated rings. The van der Waals surface area contributed by atoms with E-state index in [9.17, 15) is 9.59 Å². The van der Waals surface area contributed by atoms with Gasteiger partial charge in [-0.3, -0.25) is 9.59 Å². The fraction of sp³-hybridized carbons (Fsp3) is 0.579. The number of nitrogens with two attached hydrogens (primary N) is 1. The molecular formula is C19H29Cl2N3O2.